The van der Waals surface area contributed by atoms with Crippen molar-refractivity contribution in [3.8, 4) is 0 Å². The predicted molar refractivity (Wildman–Crippen MR) is 103 cm³/mol. The fourth-order valence-electron chi connectivity index (χ4n) is 2.93. The molecule has 5 nitrogen and oxygen atoms in total. The van der Waals surface area contributed by atoms with E-state index in [1.807, 2.05) is 35.7 Å². The number of rotatable bonds is 4. The molecule has 0 saturated heterocycles. The second-order valence-corrected chi connectivity index (χ2v) is 6.54. The van der Waals surface area contributed by atoms with Crippen molar-refractivity contribution in [2.45, 2.75) is 32.6 Å². The molecule has 3 rings (SSSR count). The standard InChI is InChI=1S/C20H22F3N5/c1-13-6-4-9-18-27-17(12-28(13)18)11-25-19(24-3)26-14(2)15-7-5-8-16(10-15)20(21,22)23/h4-10,12,14H,11H2,1-3H3,(H2,24,25,26). The summed E-state index contributed by atoms with van der Waals surface area (Å²) in [5, 5.41) is 6.27. The Morgan fingerprint density at radius 2 is 1.96 bits per heavy atom. The molecule has 1 atom stereocenters. The maximum absolute atomic E-state index is 12.9. The summed E-state index contributed by atoms with van der Waals surface area (Å²) < 4.78 is 40.8. The Hall–Kier alpha value is -3.03. The number of hydrogen-bond acceptors (Lipinski definition) is 2. The number of pyridine rings is 1. The maximum Gasteiger partial charge on any atom is 0.416 e. The zero-order valence-corrected chi connectivity index (χ0v) is 15.9. The number of benzene rings is 1. The Morgan fingerprint density at radius 1 is 1.21 bits per heavy atom. The quantitative estimate of drug-likeness (QED) is 0.522. The average molecular weight is 389 g/mol. The van der Waals surface area contributed by atoms with Gasteiger partial charge in [0.2, 0.25) is 0 Å². The van der Waals surface area contributed by atoms with Crippen molar-refractivity contribution >= 4 is 11.6 Å². The minimum absolute atomic E-state index is 0.350. The number of aliphatic imine (C=N–C) groups is 1. The molecule has 2 aromatic heterocycles. The molecule has 0 bridgehead atoms. The van der Waals surface area contributed by atoms with E-state index in [1.54, 1.807) is 20.0 Å². The van der Waals surface area contributed by atoms with Crippen LogP contribution in [0.25, 0.3) is 5.65 Å². The number of hydrogen-bond donors (Lipinski definition) is 2. The number of aryl methyl sites for hydroxylation is 1. The predicted octanol–water partition coefficient (Wildman–Crippen LogP) is 4.09. The molecule has 1 unspecified atom stereocenters. The average Bonchev–Trinajstić information content (AvgIpc) is 3.09. The van der Waals surface area contributed by atoms with Crippen LogP contribution in [0.2, 0.25) is 0 Å². The first-order valence-electron chi connectivity index (χ1n) is 8.86. The lowest BCUT2D eigenvalue weighted by atomic mass is 10.1. The van der Waals surface area contributed by atoms with Crippen LogP contribution in [0, 0.1) is 6.92 Å². The van der Waals surface area contributed by atoms with Crippen LogP contribution in [0.5, 0.6) is 0 Å². The van der Waals surface area contributed by atoms with Crippen LogP contribution in [0.15, 0.2) is 53.7 Å². The summed E-state index contributed by atoms with van der Waals surface area (Å²) in [6.45, 7) is 4.23. The number of aromatic nitrogens is 2. The van der Waals surface area contributed by atoms with E-state index in [2.05, 4.69) is 20.6 Å². The van der Waals surface area contributed by atoms with Gasteiger partial charge in [-0.25, -0.2) is 4.98 Å². The molecule has 0 saturated carbocycles. The first-order valence-corrected chi connectivity index (χ1v) is 8.86. The SMILES string of the molecule is CN=C(NCc1cn2c(C)cccc2n1)NC(C)c1cccc(C(F)(F)F)c1. The number of halogens is 3. The van der Waals surface area contributed by atoms with E-state index < -0.39 is 11.7 Å². The second-order valence-electron chi connectivity index (χ2n) is 6.54. The van der Waals surface area contributed by atoms with Crippen LogP contribution < -0.4 is 10.6 Å². The molecule has 28 heavy (non-hydrogen) atoms. The topological polar surface area (TPSA) is 53.7 Å². The molecular formula is C20H22F3N5. The lowest BCUT2D eigenvalue weighted by Crippen LogP contribution is -2.38. The van der Waals surface area contributed by atoms with Crippen molar-refractivity contribution in [1.29, 1.82) is 0 Å². The van der Waals surface area contributed by atoms with Gasteiger partial charge in [-0.2, -0.15) is 13.2 Å². The van der Waals surface area contributed by atoms with E-state index >= 15 is 0 Å². The van der Waals surface area contributed by atoms with Crippen molar-refractivity contribution in [3.63, 3.8) is 0 Å². The van der Waals surface area contributed by atoms with Crippen LogP contribution in [-0.2, 0) is 12.7 Å². The van der Waals surface area contributed by atoms with Gasteiger partial charge in [0, 0.05) is 18.9 Å². The highest BCUT2D eigenvalue weighted by atomic mass is 19.4. The van der Waals surface area contributed by atoms with Gasteiger partial charge < -0.3 is 15.0 Å². The second kappa shape index (κ2) is 7.92. The molecule has 148 valence electrons. The maximum atomic E-state index is 12.9. The van der Waals surface area contributed by atoms with E-state index in [0.29, 0.717) is 18.1 Å². The smallest absolute Gasteiger partial charge is 0.351 e. The zero-order chi connectivity index (χ0) is 20.3. The van der Waals surface area contributed by atoms with Crippen molar-refractivity contribution < 1.29 is 13.2 Å². The summed E-state index contributed by atoms with van der Waals surface area (Å²) in [5.41, 5.74) is 2.64. The Balaban J connectivity index is 1.66. The van der Waals surface area contributed by atoms with Crippen LogP contribution >= 0.6 is 0 Å². The number of alkyl halides is 3. The van der Waals surface area contributed by atoms with Gasteiger partial charge in [0.1, 0.15) is 5.65 Å². The van der Waals surface area contributed by atoms with Crippen molar-refractivity contribution in [1.82, 2.24) is 20.0 Å². The molecule has 1 aromatic carbocycles. The van der Waals surface area contributed by atoms with Crippen LogP contribution in [-0.4, -0.2) is 22.4 Å². The third-order valence-electron chi connectivity index (χ3n) is 4.47. The number of fused-ring (bicyclic) bond motifs is 1. The van der Waals surface area contributed by atoms with Gasteiger partial charge in [0.15, 0.2) is 5.96 Å². The molecule has 0 aliphatic carbocycles. The molecule has 0 aliphatic heterocycles. The summed E-state index contributed by atoms with van der Waals surface area (Å²) in [6, 6.07) is 10.8. The van der Waals surface area contributed by atoms with E-state index in [-0.39, 0.29) is 6.04 Å². The van der Waals surface area contributed by atoms with Gasteiger partial charge >= 0.3 is 6.18 Å². The lowest BCUT2D eigenvalue weighted by Gasteiger charge is -2.19. The summed E-state index contributed by atoms with van der Waals surface area (Å²) in [6.07, 6.45) is -2.42. The highest BCUT2D eigenvalue weighted by Gasteiger charge is 2.30. The summed E-state index contributed by atoms with van der Waals surface area (Å²) in [7, 11) is 1.61. The van der Waals surface area contributed by atoms with E-state index in [1.165, 1.54) is 6.07 Å². The van der Waals surface area contributed by atoms with Crippen LogP contribution in [0.1, 0.15) is 35.5 Å². The number of nitrogens with zero attached hydrogens (tertiary/aromatic N) is 3. The van der Waals surface area contributed by atoms with Crippen molar-refractivity contribution in [2.24, 2.45) is 4.99 Å². The first kappa shape index (κ1) is 19.7. The summed E-state index contributed by atoms with van der Waals surface area (Å²) in [4.78, 5) is 8.70. The third-order valence-corrected chi connectivity index (χ3v) is 4.47. The molecule has 2 N–H and O–H groups in total. The summed E-state index contributed by atoms with van der Waals surface area (Å²) >= 11 is 0. The molecule has 0 spiro atoms. The Labute approximate surface area is 161 Å². The minimum atomic E-state index is -4.36. The van der Waals surface area contributed by atoms with E-state index in [4.69, 9.17) is 0 Å². The third kappa shape index (κ3) is 4.44. The summed E-state index contributed by atoms with van der Waals surface area (Å²) in [5.74, 6) is 0.485. The van der Waals surface area contributed by atoms with Crippen LogP contribution in [0.4, 0.5) is 13.2 Å². The Bertz CT molecular complexity index is 991. The molecule has 0 amide bonds. The molecule has 8 heteroatoms. The van der Waals surface area contributed by atoms with E-state index in [9.17, 15) is 13.2 Å². The Morgan fingerprint density at radius 3 is 2.64 bits per heavy atom. The largest absolute Gasteiger partial charge is 0.416 e. The lowest BCUT2D eigenvalue weighted by molar-refractivity contribution is -0.137. The highest BCUT2D eigenvalue weighted by molar-refractivity contribution is 5.80. The first-order chi connectivity index (χ1) is 13.3. The van der Waals surface area contributed by atoms with Gasteiger partial charge in [-0.15, -0.1) is 0 Å². The molecular weight excluding hydrogens is 367 g/mol. The molecule has 0 fully saturated rings. The van der Waals surface area contributed by atoms with Crippen LogP contribution in [0.3, 0.4) is 0 Å². The van der Waals surface area contributed by atoms with Crippen molar-refractivity contribution in [3.05, 3.63) is 71.2 Å². The molecule has 0 radical (unpaired) electrons. The van der Waals surface area contributed by atoms with Gasteiger partial charge in [0.25, 0.3) is 0 Å². The van der Waals surface area contributed by atoms with Crippen molar-refractivity contribution in [2.75, 3.05) is 7.05 Å². The zero-order valence-electron chi connectivity index (χ0n) is 15.9. The molecule has 0 aliphatic rings. The molecule has 2 heterocycles. The molecule has 3 aromatic rings. The van der Waals surface area contributed by atoms with Gasteiger partial charge in [-0.3, -0.25) is 4.99 Å². The van der Waals surface area contributed by atoms with E-state index in [0.717, 1.165) is 29.2 Å². The fraction of sp³-hybridized carbons (Fsp3) is 0.300. The monoisotopic (exact) mass is 389 g/mol. The number of guanidine groups is 1. The normalized spacial score (nSPS) is 13.6. The minimum Gasteiger partial charge on any atom is -0.351 e. The van der Waals surface area contributed by atoms with Gasteiger partial charge in [-0.05, 0) is 43.7 Å². The fourth-order valence-corrected chi connectivity index (χ4v) is 2.93. The van der Waals surface area contributed by atoms with Gasteiger partial charge in [-0.1, -0.05) is 18.2 Å². The van der Waals surface area contributed by atoms with Gasteiger partial charge in [0.05, 0.1) is 23.8 Å². The number of nitrogens with one attached hydrogen (secondary N) is 2. The number of imidazole rings is 1. The Kier molecular flexibility index (Phi) is 5.58. The highest BCUT2D eigenvalue weighted by Crippen LogP contribution is 2.30.